The van der Waals surface area contributed by atoms with Crippen LogP contribution in [0.1, 0.15) is 24.1 Å². The molecule has 158 valence electrons. The van der Waals surface area contributed by atoms with Crippen LogP contribution >= 0.6 is 0 Å². The van der Waals surface area contributed by atoms with Gasteiger partial charge >= 0.3 is 0 Å². The van der Waals surface area contributed by atoms with E-state index in [1.165, 1.54) is 11.3 Å². The van der Waals surface area contributed by atoms with Crippen molar-refractivity contribution in [3.8, 4) is 5.82 Å². The van der Waals surface area contributed by atoms with Crippen molar-refractivity contribution in [2.45, 2.75) is 31.8 Å². The zero-order valence-electron chi connectivity index (χ0n) is 17.6. The van der Waals surface area contributed by atoms with Gasteiger partial charge in [-0.25, -0.2) is 4.98 Å². The van der Waals surface area contributed by atoms with Gasteiger partial charge in [-0.1, -0.05) is 36.4 Å². The van der Waals surface area contributed by atoms with E-state index in [1.54, 1.807) is 0 Å². The van der Waals surface area contributed by atoms with E-state index < -0.39 is 0 Å². The number of aryl methyl sites for hydroxylation is 1. The second kappa shape index (κ2) is 10.5. The molecule has 0 aliphatic carbocycles. The maximum atomic E-state index is 9.62. The fraction of sp³-hybridized carbons (Fsp3) is 0.400. The molecule has 0 saturated carbocycles. The summed E-state index contributed by atoms with van der Waals surface area (Å²) in [5, 5.41) is 9.62. The third kappa shape index (κ3) is 5.36. The Kier molecular flexibility index (Phi) is 7.29. The van der Waals surface area contributed by atoms with E-state index >= 15 is 0 Å². The number of hydrogen-bond acceptors (Lipinski definition) is 4. The van der Waals surface area contributed by atoms with Gasteiger partial charge < -0.3 is 9.67 Å². The minimum absolute atomic E-state index is 0.248. The van der Waals surface area contributed by atoms with Crippen LogP contribution in [0, 0.1) is 0 Å². The quantitative estimate of drug-likeness (QED) is 0.594. The molecule has 2 aromatic heterocycles. The van der Waals surface area contributed by atoms with Gasteiger partial charge in [0.15, 0.2) is 0 Å². The normalized spacial score (nSPS) is 18.0. The zero-order valence-corrected chi connectivity index (χ0v) is 17.6. The number of rotatable bonds is 9. The molecular weight excluding hydrogens is 372 g/mol. The molecule has 1 aromatic carbocycles. The van der Waals surface area contributed by atoms with Gasteiger partial charge in [0.2, 0.25) is 0 Å². The lowest BCUT2D eigenvalue weighted by molar-refractivity contribution is 0.0538. The lowest BCUT2D eigenvalue weighted by atomic mass is 10.1. The first-order valence-electron chi connectivity index (χ1n) is 11.0. The third-order valence-corrected chi connectivity index (χ3v) is 6.02. The van der Waals surface area contributed by atoms with Crippen molar-refractivity contribution in [3.05, 3.63) is 84.3 Å². The SMILES string of the molecule is OCCC1CN(Cc2cccn2-c2ccccn2)CCN1CCCc1ccccc1. The molecule has 1 N–H and O–H groups in total. The topological polar surface area (TPSA) is 44.5 Å². The van der Waals surface area contributed by atoms with Crippen LogP contribution in [-0.2, 0) is 13.0 Å². The monoisotopic (exact) mass is 404 g/mol. The maximum Gasteiger partial charge on any atom is 0.136 e. The fourth-order valence-electron chi connectivity index (χ4n) is 4.44. The predicted molar refractivity (Wildman–Crippen MR) is 121 cm³/mol. The highest BCUT2D eigenvalue weighted by molar-refractivity contribution is 5.27. The van der Waals surface area contributed by atoms with Gasteiger partial charge in [-0.05, 0) is 55.6 Å². The number of pyridine rings is 1. The van der Waals surface area contributed by atoms with Crippen LogP contribution in [0.3, 0.4) is 0 Å². The number of hydrogen-bond donors (Lipinski definition) is 1. The molecule has 1 atom stereocenters. The molecule has 1 unspecified atom stereocenters. The van der Waals surface area contributed by atoms with Crippen molar-refractivity contribution in [2.75, 3.05) is 32.8 Å². The molecule has 1 aliphatic heterocycles. The predicted octanol–water partition coefficient (Wildman–Crippen LogP) is 3.37. The number of piperazine rings is 1. The van der Waals surface area contributed by atoms with Crippen LogP contribution in [0.15, 0.2) is 73.1 Å². The van der Waals surface area contributed by atoms with Crippen molar-refractivity contribution in [1.29, 1.82) is 0 Å². The molecule has 0 amide bonds. The summed E-state index contributed by atoms with van der Waals surface area (Å²) in [4.78, 5) is 9.59. The van der Waals surface area contributed by atoms with Gasteiger partial charge in [0.25, 0.3) is 0 Å². The Morgan fingerprint density at radius 2 is 1.83 bits per heavy atom. The van der Waals surface area contributed by atoms with Crippen molar-refractivity contribution in [3.63, 3.8) is 0 Å². The fourth-order valence-corrected chi connectivity index (χ4v) is 4.44. The molecule has 1 saturated heterocycles. The van der Waals surface area contributed by atoms with E-state index in [4.69, 9.17) is 0 Å². The molecule has 4 rings (SSSR count). The summed E-state index contributed by atoms with van der Waals surface area (Å²) in [7, 11) is 0. The number of aliphatic hydroxyl groups excluding tert-OH is 1. The number of nitrogens with zero attached hydrogens (tertiary/aromatic N) is 4. The number of aliphatic hydroxyl groups is 1. The largest absolute Gasteiger partial charge is 0.396 e. The average Bonchev–Trinajstić information content (AvgIpc) is 3.25. The highest BCUT2D eigenvalue weighted by Gasteiger charge is 2.26. The molecule has 3 aromatic rings. The van der Waals surface area contributed by atoms with Crippen LogP contribution in [0.4, 0.5) is 0 Å². The number of aromatic nitrogens is 2. The highest BCUT2D eigenvalue weighted by atomic mass is 16.3. The van der Waals surface area contributed by atoms with E-state index in [1.807, 2.05) is 24.4 Å². The Morgan fingerprint density at radius 1 is 0.967 bits per heavy atom. The molecule has 5 heteroatoms. The molecule has 3 heterocycles. The van der Waals surface area contributed by atoms with Gasteiger partial charge in [-0.15, -0.1) is 0 Å². The van der Waals surface area contributed by atoms with Gasteiger partial charge in [0.1, 0.15) is 5.82 Å². The van der Waals surface area contributed by atoms with Crippen molar-refractivity contribution >= 4 is 0 Å². The molecule has 0 spiro atoms. The van der Waals surface area contributed by atoms with Gasteiger partial charge in [-0.3, -0.25) is 9.80 Å². The average molecular weight is 405 g/mol. The van der Waals surface area contributed by atoms with Crippen LogP contribution in [0.25, 0.3) is 5.82 Å². The second-order valence-corrected chi connectivity index (χ2v) is 8.08. The van der Waals surface area contributed by atoms with Crippen molar-refractivity contribution in [1.82, 2.24) is 19.4 Å². The first kappa shape index (κ1) is 20.8. The van der Waals surface area contributed by atoms with Crippen LogP contribution in [0.5, 0.6) is 0 Å². The lowest BCUT2D eigenvalue weighted by Crippen LogP contribution is -2.53. The zero-order chi connectivity index (χ0) is 20.6. The van der Waals surface area contributed by atoms with E-state index in [0.29, 0.717) is 6.04 Å². The van der Waals surface area contributed by atoms with Gasteiger partial charge in [0, 0.05) is 56.9 Å². The number of benzene rings is 1. The standard InChI is InChI=1S/C25H32N4O/c30-19-13-23-20-27(17-18-28(23)15-6-10-22-8-2-1-3-9-22)21-24-11-7-16-29(24)25-12-4-5-14-26-25/h1-5,7-9,11-12,14,16,23,30H,6,10,13,15,17-21H2. The van der Waals surface area contributed by atoms with Crippen LogP contribution in [0.2, 0.25) is 0 Å². The molecule has 1 fully saturated rings. The summed E-state index contributed by atoms with van der Waals surface area (Å²) in [6.45, 7) is 5.36. The molecule has 30 heavy (non-hydrogen) atoms. The Labute approximate surface area is 179 Å². The molecule has 1 aliphatic rings. The molecule has 0 radical (unpaired) electrons. The minimum Gasteiger partial charge on any atom is -0.396 e. The summed E-state index contributed by atoms with van der Waals surface area (Å²) in [6, 6.07) is 21.4. The van der Waals surface area contributed by atoms with E-state index in [0.717, 1.165) is 57.8 Å². The third-order valence-electron chi connectivity index (χ3n) is 6.02. The maximum absolute atomic E-state index is 9.62. The first-order chi connectivity index (χ1) is 14.8. The van der Waals surface area contributed by atoms with E-state index in [-0.39, 0.29) is 6.61 Å². The molecular formula is C25H32N4O. The summed E-state index contributed by atoms with van der Waals surface area (Å²) >= 11 is 0. The Morgan fingerprint density at radius 3 is 2.63 bits per heavy atom. The van der Waals surface area contributed by atoms with E-state index in [9.17, 15) is 5.11 Å². The van der Waals surface area contributed by atoms with Gasteiger partial charge in [0.05, 0.1) is 0 Å². The Hall–Kier alpha value is -2.47. The van der Waals surface area contributed by atoms with Crippen LogP contribution < -0.4 is 0 Å². The van der Waals surface area contributed by atoms with Gasteiger partial charge in [-0.2, -0.15) is 0 Å². The van der Waals surface area contributed by atoms with Crippen molar-refractivity contribution in [2.24, 2.45) is 0 Å². The smallest absolute Gasteiger partial charge is 0.136 e. The Balaban J connectivity index is 1.34. The summed E-state index contributed by atoms with van der Waals surface area (Å²) in [6.07, 6.45) is 7.04. The highest BCUT2D eigenvalue weighted by Crippen LogP contribution is 2.18. The van der Waals surface area contributed by atoms with Crippen molar-refractivity contribution < 1.29 is 5.11 Å². The lowest BCUT2D eigenvalue weighted by Gasteiger charge is -2.41. The van der Waals surface area contributed by atoms with E-state index in [2.05, 4.69) is 68.0 Å². The Bertz CT molecular complexity index is 880. The summed E-state index contributed by atoms with van der Waals surface area (Å²) in [5.74, 6) is 0.962. The molecule has 0 bridgehead atoms. The minimum atomic E-state index is 0.248. The van der Waals surface area contributed by atoms with Crippen LogP contribution in [-0.4, -0.2) is 63.3 Å². The first-order valence-corrected chi connectivity index (χ1v) is 11.0. The summed E-state index contributed by atoms with van der Waals surface area (Å²) in [5.41, 5.74) is 2.67. The second-order valence-electron chi connectivity index (χ2n) is 8.08. The molecule has 5 nitrogen and oxygen atoms in total. The summed E-state index contributed by atoms with van der Waals surface area (Å²) < 4.78 is 2.17.